The molecule has 0 aromatic heterocycles. The van der Waals surface area contributed by atoms with E-state index in [9.17, 15) is 24.3 Å². The maximum Gasteiger partial charge on any atom is 0.317 e. The topological polar surface area (TPSA) is 116 Å². The number of benzene rings is 1. The van der Waals surface area contributed by atoms with Crippen LogP contribution in [0.3, 0.4) is 0 Å². The van der Waals surface area contributed by atoms with Crippen molar-refractivity contribution in [1.29, 1.82) is 0 Å². The van der Waals surface area contributed by atoms with Crippen LogP contribution in [-0.2, 0) is 24.5 Å². The summed E-state index contributed by atoms with van der Waals surface area (Å²) in [6, 6.07) is 1.91. The summed E-state index contributed by atoms with van der Waals surface area (Å²) in [5.41, 5.74) is 2.48. The lowest BCUT2D eigenvalue weighted by Gasteiger charge is -2.69. The predicted molar refractivity (Wildman–Crippen MR) is 253 cm³/mol. The second-order valence-electron chi connectivity index (χ2n) is 26.3. The molecule has 0 saturated heterocycles. The van der Waals surface area contributed by atoms with E-state index in [1.165, 1.54) is 12.7 Å². The van der Waals surface area contributed by atoms with Crippen LogP contribution in [0, 0.1) is 68.0 Å². The minimum absolute atomic E-state index is 0.0161. The van der Waals surface area contributed by atoms with Crippen LogP contribution < -0.4 is 9.47 Å². The molecule has 11 rings (SSSR count). The van der Waals surface area contributed by atoms with Crippen molar-refractivity contribution < 1.29 is 38.5 Å². The highest BCUT2D eigenvalue weighted by atomic mass is 16.7. The Bertz CT molecular complexity index is 2630. The van der Waals surface area contributed by atoms with Crippen molar-refractivity contribution in [2.24, 2.45) is 61.1 Å². The van der Waals surface area contributed by atoms with E-state index in [2.05, 4.69) is 81.4 Å². The lowest BCUT2D eigenvalue weighted by molar-refractivity contribution is -0.231. The maximum atomic E-state index is 14.9. The van der Waals surface area contributed by atoms with Gasteiger partial charge in [0.25, 0.3) is 0 Å². The minimum atomic E-state index is -2.35. The Morgan fingerprint density at radius 1 is 0.712 bits per heavy atom. The van der Waals surface area contributed by atoms with Gasteiger partial charge in [0.15, 0.2) is 17.3 Å². The molecule has 6 saturated carbocycles. The Hall–Kier alpha value is -3.78. The smallest absolute Gasteiger partial charge is 0.317 e. The van der Waals surface area contributed by atoms with Crippen molar-refractivity contribution in [1.82, 2.24) is 0 Å². The first-order valence-corrected chi connectivity index (χ1v) is 25.5. The number of rotatable bonds is 1. The average molecular weight is 899 g/mol. The van der Waals surface area contributed by atoms with Crippen molar-refractivity contribution >= 4 is 23.3 Å². The van der Waals surface area contributed by atoms with E-state index in [0.29, 0.717) is 35.0 Å². The minimum Gasteiger partial charge on any atom is -0.471 e. The summed E-state index contributed by atoms with van der Waals surface area (Å²) >= 11 is 0. The standard InChI is InChI=1S/C58H74O8/c1-32-26-41-49(4,30-38(32)60)19-23-53(8)40-15-14-34-35(51(40,6)20-24-54(41,53)9)28-44(61)58(63)57(34,12)66-46-33(2)45-36(27-39(46)65-58)52(7)21-25-56(11)43-31-50(5,47(62)64-13)17-16-48(43,3)18-22-55(56,10)42(52)29-37(45)59/h14-15,27-29,32,41,43,63H,16-26,30-31H2,1-13H3/t32-,41-,43-,48-,49+,50-,51+,52+,53-,54+,55-,56+,57-,58+/m1/s1. The van der Waals surface area contributed by atoms with E-state index < -0.39 is 33.4 Å². The molecule has 0 radical (unpaired) electrons. The number of esters is 1. The van der Waals surface area contributed by atoms with Gasteiger partial charge in [-0.3, -0.25) is 19.2 Å². The molecule has 0 unspecified atom stereocenters. The fourth-order valence-electron chi connectivity index (χ4n) is 18.4. The summed E-state index contributed by atoms with van der Waals surface area (Å²) in [6.45, 7) is 27.0. The predicted octanol–water partition coefficient (Wildman–Crippen LogP) is 11.8. The summed E-state index contributed by atoms with van der Waals surface area (Å²) in [4.78, 5) is 56.2. The molecule has 1 aromatic carbocycles. The first-order chi connectivity index (χ1) is 30.6. The highest BCUT2D eigenvalue weighted by molar-refractivity contribution is 6.10. The van der Waals surface area contributed by atoms with Gasteiger partial charge in [0.05, 0.1) is 12.5 Å². The molecular formula is C58H74O8. The van der Waals surface area contributed by atoms with Crippen LogP contribution in [0.5, 0.6) is 11.5 Å². The van der Waals surface area contributed by atoms with E-state index in [-0.39, 0.29) is 61.8 Å². The average Bonchev–Trinajstić information content (AvgIpc) is 3.25. The van der Waals surface area contributed by atoms with E-state index in [1.54, 1.807) is 13.0 Å². The molecule has 1 aromatic rings. The molecule has 0 spiro atoms. The van der Waals surface area contributed by atoms with E-state index in [1.807, 2.05) is 19.1 Å². The molecule has 1 heterocycles. The fraction of sp³-hybridized carbons (Fsp3) is 0.690. The van der Waals surface area contributed by atoms with Crippen LogP contribution >= 0.6 is 0 Å². The number of hydrogen-bond acceptors (Lipinski definition) is 8. The van der Waals surface area contributed by atoms with Crippen LogP contribution in [0.1, 0.15) is 181 Å². The maximum absolute atomic E-state index is 14.9. The van der Waals surface area contributed by atoms with Crippen molar-refractivity contribution in [3.63, 3.8) is 0 Å². The number of ketones is 3. The van der Waals surface area contributed by atoms with E-state index in [4.69, 9.17) is 14.2 Å². The Labute approximate surface area is 392 Å². The molecule has 8 heteroatoms. The summed E-state index contributed by atoms with van der Waals surface area (Å²) < 4.78 is 19.3. The van der Waals surface area contributed by atoms with Gasteiger partial charge < -0.3 is 19.3 Å². The van der Waals surface area contributed by atoms with Gasteiger partial charge in [-0.05, 0) is 177 Å². The normalized spacial score (nSPS) is 49.5. The highest BCUT2D eigenvalue weighted by Crippen LogP contribution is 2.77. The van der Waals surface area contributed by atoms with Gasteiger partial charge >= 0.3 is 11.8 Å². The summed E-state index contributed by atoms with van der Waals surface area (Å²) in [7, 11) is 1.50. The fourth-order valence-corrected chi connectivity index (χ4v) is 18.4. The molecule has 66 heavy (non-hydrogen) atoms. The van der Waals surface area contributed by atoms with Gasteiger partial charge in [0.1, 0.15) is 5.78 Å². The third-order valence-corrected chi connectivity index (χ3v) is 23.3. The Morgan fingerprint density at radius 3 is 2.02 bits per heavy atom. The van der Waals surface area contributed by atoms with Crippen LogP contribution in [0.15, 0.2) is 52.7 Å². The first-order valence-electron chi connectivity index (χ1n) is 25.5. The summed E-state index contributed by atoms with van der Waals surface area (Å²) in [5.74, 6) is -1.24. The van der Waals surface area contributed by atoms with Crippen LogP contribution in [0.4, 0.5) is 0 Å². The largest absolute Gasteiger partial charge is 0.471 e. The molecular weight excluding hydrogens is 825 g/mol. The van der Waals surface area contributed by atoms with Gasteiger partial charge in [-0.25, -0.2) is 0 Å². The lowest BCUT2D eigenvalue weighted by Crippen LogP contribution is -2.70. The Kier molecular flexibility index (Phi) is 8.73. The molecule has 0 bridgehead atoms. The quantitative estimate of drug-likeness (QED) is 0.277. The molecule has 10 aliphatic rings. The Morgan fingerprint density at radius 2 is 1.33 bits per heavy atom. The van der Waals surface area contributed by atoms with E-state index >= 15 is 0 Å². The van der Waals surface area contributed by atoms with Gasteiger partial charge in [-0.15, -0.1) is 0 Å². The molecule has 1 aliphatic heterocycles. The number of methoxy groups -OCH3 is 1. The lowest BCUT2D eigenvalue weighted by atomic mass is 9.34. The monoisotopic (exact) mass is 899 g/mol. The number of carbonyl (C=O) groups is 4. The first kappa shape index (κ1) is 44.7. The zero-order valence-electron chi connectivity index (χ0n) is 42.1. The zero-order chi connectivity index (χ0) is 47.6. The summed E-state index contributed by atoms with van der Waals surface area (Å²) in [6.07, 6.45) is 19.5. The van der Waals surface area contributed by atoms with Crippen LogP contribution in [0.2, 0.25) is 0 Å². The number of allylic oxidation sites excluding steroid dienone is 5. The van der Waals surface area contributed by atoms with Gasteiger partial charge in [-0.2, -0.15) is 0 Å². The van der Waals surface area contributed by atoms with Gasteiger partial charge in [0.2, 0.25) is 11.4 Å². The van der Waals surface area contributed by atoms with Gasteiger partial charge in [0, 0.05) is 39.9 Å². The molecule has 1 N–H and O–H groups in total. The second kappa shape index (κ2) is 12.9. The number of ether oxygens (including phenoxy) is 3. The zero-order valence-corrected chi connectivity index (χ0v) is 42.1. The van der Waals surface area contributed by atoms with Crippen molar-refractivity contribution in [3.05, 3.63) is 69.4 Å². The van der Waals surface area contributed by atoms with E-state index in [0.717, 1.165) is 99.3 Å². The van der Waals surface area contributed by atoms with Crippen molar-refractivity contribution in [3.8, 4) is 11.5 Å². The second-order valence-corrected chi connectivity index (χ2v) is 26.3. The van der Waals surface area contributed by atoms with Crippen LogP contribution in [-0.4, -0.2) is 46.9 Å². The molecule has 8 nitrogen and oxygen atoms in total. The Balaban J connectivity index is 0.976. The third-order valence-electron chi connectivity index (χ3n) is 23.3. The van der Waals surface area contributed by atoms with Crippen molar-refractivity contribution in [2.45, 2.75) is 183 Å². The number of carbonyl (C=O) groups excluding carboxylic acids is 4. The summed E-state index contributed by atoms with van der Waals surface area (Å²) in [5, 5.41) is 12.8. The molecule has 6 fully saturated rings. The molecule has 354 valence electrons. The van der Waals surface area contributed by atoms with Gasteiger partial charge in [-0.1, -0.05) is 80.0 Å². The number of hydrogen-bond donors (Lipinski definition) is 1. The molecule has 0 amide bonds. The third kappa shape index (κ3) is 4.92. The van der Waals surface area contributed by atoms with Crippen LogP contribution in [0.25, 0.3) is 0 Å². The molecule has 9 aliphatic carbocycles. The number of fused-ring (bicyclic) bond motifs is 17. The molecule has 14 atom stereocenters. The highest BCUT2D eigenvalue weighted by Gasteiger charge is 2.72. The number of aliphatic hydroxyl groups is 1. The SMILES string of the molecule is COC(=O)[C@]1(C)CC[C@]2(C)CC[C@]3(C)C4=CC(=O)c5c(cc6c(c5C)O[C@]5(C)C7=CC=C8[C@@](C)(CC[C@@]9(C)[C@@H]%10C[C@@H](C)C(=O)C[C@]%10(C)CC[C@]89C)C7=CC(=O)[C@]5(O)O6)[C@]4(C)CC[C@@]3(C)[C@@H]2C1. The number of Topliss-reactive ketones (excluding diaryl/α,β-unsaturated/α-hetero) is 1. The van der Waals surface area contributed by atoms with Crippen molar-refractivity contribution in [2.75, 3.05) is 7.11 Å².